The van der Waals surface area contributed by atoms with Crippen molar-refractivity contribution in [3.05, 3.63) is 47.6 Å². The Morgan fingerprint density at radius 2 is 2.00 bits per heavy atom. The molecule has 3 N–H and O–H groups in total. The second-order valence-corrected chi connectivity index (χ2v) is 10.2. The summed E-state index contributed by atoms with van der Waals surface area (Å²) in [5.74, 6) is -1.86. The first-order valence-corrected chi connectivity index (χ1v) is 11.5. The van der Waals surface area contributed by atoms with Crippen LogP contribution in [0.15, 0.2) is 47.6 Å². The number of aliphatic hydroxyl groups is 3. The zero-order chi connectivity index (χ0) is 30.5. The van der Waals surface area contributed by atoms with Crippen molar-refractivity contribution < 1.29 is 27.7 Å². The van der Waals surface area contributed by atoms with Crippen LogP contribution in [0.25, 0.3) is 0 Å². The van der Waals surface area contributed by atoms with Crippen molar-refractivity contribution in [3.63, 3.8) is 0 Å². The van der Waals surface area contributed by atoms with Gasteiger partial charge in [0.25, 0.3) is 0 Å². The van der Waals surface area contributed by atoms with Gasteiger partial charge < -0.3 is 15.3 Å². The lowest BCUT2D eigenvalue weighted by atomic mass is 9.61. The van der Waals surface area contributed by atoms with Gasteiger partial charge in [-0.1, -0.05) is 57.2 Å². The summed E-state index contributed by atoms with van der Waals surface area (Å²) >= 11 is 0. The van der Waals surface area contributed by atoms with Gasteiger partial charge in [0.2, 0.25) is 0 Å². The van der Waals surface area contributed by atoms with Crippen LogP contribution in [0, 0.1) is 29.1 Å². The number of fused-ring (bicyclic) bond motifs is 1. The fourth-order valence-corrected chi connectivity index (χ4v) is 6.17. The number of rotatable bonds is 5. The van der Waals surface area contributed by atoms with E-state index >= 15 is 0 Å². The van der Waals surface area contributed by atoms with Crippen LogP contribution in [0.1, 0.15) is 91.7 Å². The topological polar surface area (TPSA) is 60.7 Å². The molecule has 0 aliphatic heterocycles. The highest BCUT2D eigenvalue weighted by atomic mass is 16.3. The average molecular weight is 438 g/mol. The van der Waals surface area contributed by atoms with Gasteiger partial charge in [0.1, 0.15) is 0 Å². The van der Waals surface area contributed by atoms with Crippen LogP contribution in [0.3, 0.4) is 0 Å². The normalized spacial score (nSPS) is 44.8. The van der Waals surface area contributed by atoms with Crippen LogP contribution in [0.2, 0.25) is 0 Å². The highest BCUT2D eigenvalue weighted by Gasteiger charge is 2.50. The minimum absolute atomic E-state index is 0.102. The third-order valence-electron chi connectivity index (χ3n) is 7.99. The van der Waals surface area contributed by atoms with E-state index in [1.165, 1.54) is 5.57 Å². The van der Waals surface area contributed by atoms with E-state index in [1.54, 1.807) is 6.08 Å². The third-order valence-corrected chi connectivity index (χ3v) is 7.99. The molecule has 3 heteroatoms. The maximum absolute atomic E-state index is 11.0. The maximum Gasteiger partial charge on any atom is 0.0811 e. The van der Waals surface area contributed by atoms with Gasteiger partial charge in [0.15, 0.2) is 0 Å². The van der Waals surface area contributed by atoms with Crippen LogP contribution in [0.5, 0.6) is 0 Å². The van der Waals surface area contributed by atoms with Gasteiger partial charge in [-0.25, -0.2) is 0 Å². The molecule has 174 valence electrons. The predicted molar refractivity (Wildman–Crippen MR) is 128 cm³/mol. The molecule has 2 unspecified atom stereocenters. The first kappa shape index (κ1) is 14.9. The second-order valence-electron chi connectivity index (χ2n) is 10.2. The van der Waals surface area contributed by atoms with Crippen molar-refractivity contribution >= 4 is 0 Å². The van der Waals surface area contributed by atoms with E-state index < -0.39 is 44.3 Å². The molecule has 0 spiro atoms. The zero-order valence-corrected chi connectivity index (χ0v) is 18.8. The summed E-state index contributed by atoms with van der Waals surface area (Å²) in [5, 5.41) is 31.2. The fourth-order valence-electron chi connectivity index (χ4n) is 6.17. The van der Waals surface area contributed by atoms with Crippen LogP contribution in [-0.4, -0.2) is 33.1 Å². The number of hydrogen-bond donors (Lipinski definition) is 3. The van der Waals surface area contributed by atoms with Gasteiger partial charge in [-0.2, -0.15) is 0 Å². The summed E-state index contributed by atoms with van der Waals surface area (Å²) in [5.41, 5.74) is -0.747. The van der Waals surface area contributed by atoms with Crippen molar-refractivity contribution in [1.82, 2.24) is 0 Å². The molecule has 3 fully saturated rings. The van der Waals surface area contributed by atoms with E-state index in [0.717, 1.165) is 43.8 Å². The minimum Gasteiger partial charge on any atom is -0.393 e. The molecule has 0 saturated heterocycles. The Morgan fingerprint density at radius 1 is 1.23 bits per heavy atom. The molecule has 7 atom stereocenters. The molecule has 3 saturated carbocycles. The van der Waals surface area contributed by atoms with E-state index in [2.05, 4.69) is 19.6 Å². The molecular formula is C28H44O3. The molecule has 0 radical (unpaired) electrons. The van der Waals surface area contributed by atoms with Gasteiger partial charge in [-0.05, 0) is 86.5 Å². The lowest BCUT2D eigenvalue weighted by Gasteiger charge is -2.44. The highest BCUT2D eigenvalue weighted by molar-refractivity contribution is 5.38. The quantitative estimate of drug-likeness (QED) is 0.482. The van der Waals surface area contributed by atoms with Crippen molar-refractivity contribution in [3.8, 4) is 0 Å². The molecule has 0 heterocycles. The molecule has 0 aromatic rings. The van der Waals surface area contributed by atoms with Gasteiger partial charge in [0, 0.05) is 24.7 Å². The van der Waals surface area contributed by atoms with Crippen LogP contribution in [-0.2, 0) is 0 Å². The van der Waals surface area contributed by atoms with Crippen molar-refractivity contribution in [2.24, 2.45) is 29.1 Å². The van der Waals surface area contributed by atoms with E-state index in [-0.39, 0.29) is 23.2 Å². The van der Waals surface area contributed by atoms with E-state index in [4.69, 9.17) is 12.3 Å². The molecule has 31 heavy (non-hydrogen) atoms. The molecule has 3 aliphatic rings. The Kier molecular flexibility index (Phi) is 4.50. The maximum atomic E-state index is 11.0. The summed E-state index contributed by atoms with van der Waals surface area (Å²) < 4.78 is 70.1. The fraction of sp³-hybridized carbons (Fsp3) is 0.714. The molecule has 0 aromatic heterocycles. The number of allylic oxidation sites excluding steroid dienone is 4. The van der Waals surface area contributed by atoms with Gasteiger partial charge in [0.05, 0.1) is 17.8 Å². The molecule has 3 aliphatic carbocycles. The Morgan fingerprint density at radius 3 is 2.71 bits per heavy atom. The Bertz CT molecular complexity index is 1020. The molecular weight excluding hydrogens is 384 g/mol. The van der Waals surface area contributed by atoms with E-state index in [0.29, 0.717) is 18.4 Å². The van der Waals surface area contributed by atoms with Gasteiger partial charge >= 0.3 is 0 Å². The largest absolute Gasteiger partial charge is 0.393 e. The average Bonchev–Trinajstić information content (AvgIpc) is 3.15. The van der Waals surface area contributed by atoms with E-state index in [9.17, 15) is 15.3 Å². The highest BCUT2D eigenvalue weighted by Crippen LogP contribution is 2.59. The third kappa shape index (κ3) is 5.26. The second kappa shape index (κ2) is 9.37. The number of hydrogen-bond acceptors (Lipinski definition) is 3. The minimum atomic E-state index is -3.44. The van der Waals surface area contributed by atoms with Gasteiger partial charge in [-0.15, -0.1) is 0 Å². The standard InChI is InChI=1S/C28H44O3/c1-18(9-10-19(2)27(4,5)31)24-13-14-25-21(8-7-15-28(24,25)6)11-12-22-16-23(29)17-26(30)20(22)3/h9-12,18-19,23-26,29-31H,3,7-8,13-17H2,1-2,4-6H3/b10-9+,21-11-,22-12+/t18?,19-,23-,24?,25-,26-,28+/m0/s1/i2D3,4D3,5D3. The lowest BCUT2D eigenvalue weighted by Crippen LogP contribution is -2.35. The van der Waals surface area contributed by atoms with E-state index in [1.807, 2.05) is 13.0 Å². The molecule has 0 aromatic carbocycles. The molecule has 0 bridgehead atoms. The summed E-state index contributed by atoms with van der Waals surface area (Å²) in [6, 6.07) is 0. The Balaban J connectivity index is 1.88. The van der Waals surface area contributed by atoms with Crippen LogP contribution >= 0.6 is 0 Å². The smallest absolute Gasteiger partial charge is 0.0811 e. The van der Waals surface area contributed by atoms with Crippen molar-refractivity contribution in [2.75, 3.05) is 0 Å². The summed E-state index contributed by atoms with van der Waals surface area (Å²) in [6.07, 6.45) is 10.8. The van der Waals surface area contributed by atoms with Crippen molar-refractivity contribution in [1.29, 1.82) is 0 Å². The zero-order valence-electron chi connectivity index (χ0n) is 27.8. The summed E-state index contributed by atoms with van der Waals surface area (Å²) in [4.78, 5) is 0. The Hall–Kier alpha value is -1.16. The summed E-state index contributed by atoms with van der Waals surface area (Å²) in [6.45, 7) is -1.77. The lowest BCUT2D eigenvalue weighted by molar-refractivity contribution is 0.0436. The van der Waals surface area contributed by atoms with Gasteiger partial charge in [-0.3, -0.25) is 0 Å². The summed E-state index contributed by atoms with van der Waals surface area (Å²) in [7, 11) is 0. The predicted octanol–water partition coefficient (Wildman–Crippen LogP) is 5.73. The van der Waals surface area contributed by atoms with Crippen LogP contribution in [0.4, 0.5) is 0 Å². The van der Waals surface area contributed by atoms with Crippen LogP contribution < -0.4 is 0 Å². The molecule has 3 rings (SSSR count). The first-order valence-electron chi connectivity index (χ1n) is 16.0. The number of aliphatic hydroxyl groups excluding tert-OH is 2. The molecule has 3 nitrogen and oxygen atoms in total. The monoisotopic (exact) mass is 437 g/mol. The first-order chi connectivity index (χ1) is 18.1. The van der Waals surface area contributed by atoms with Crippen molar-refractivity contribution in [2.45, 2.75) is 97.2 Å². The Labute approximate surface area is 202 Å². The molecule has 0 amide bonds. The SMILES string of the molecule is [2H]C([2H])([2H])[C@@H](/C=C/C(C)C1CC[C@H]2/C(=C\C=C3/C[C@H](O)C[C@H](O)C3=C)CCC[C@]12C)C(O)(C([2H])([2H])[2H])C([2H])([2H])[2H].